The van der Waals surface area contributed by atoms with Gasteiger partial charge in [0.1, 0.15) is 12.4 Å². The first-order chi connectivity index (χ1) is 13.5. The smallest absolute Gasteiger partial charge is 0.296 e. The van der Waals surface area contributed by atoms with Crippen LogP contribution in [0.4, 0.5) is 11.4 Å². The van der Waals surface area contributed by atoms with Gasteiger partial charge in [-0.3, -0.25) is 9.44 Å². The maximum absolute atomic E-state index is 11.2. The summed E-state index contributed by atoms with van der Waals surface area (Å²) in [4.78, 5) is 2.12. The van der Waals surface area contributed by atoms with E-state index in [2.05, 4.69) is 14.3 Å². The summed E-state index contributed by atoms with van der Waals surface area (Å²) in [5.74, 6) is 0.662. The number of hydrogen-bond acceptors (Lipinski definition) is 6. The number of likely N-dealkylation sites (N-methyl/N-ethyl adjacent to an activating group) is 1. The molecule has 0 saturated heterocycles. The first-order valence-corrected chi connectivity index (χ1v) is 12.2. The van der Waals surface area contributed by atoms with E-state index in [-0.39, 0.29) is 0 Å². The summed E-state index contributed by atoms with van der Waals surface area (Å²) in [6.45, 7) is 2.02. The summed E-state index contributed by atoms with van der Waals surface area (Å²) in [7, 11) is -5.07. The van der Waals surface area contributed by atoms with E-state index in [9.17, 15) is 16.8 Å². The van der Waals surface area contributed by atoms with Gasteiger partial charge in [0.25, 0.3) is 10.2 Å². The molecule has 0 aliphatic heterocycles. The van der Waals surface area contributed by atoms with Gasteiger partial charge in [-0.1, -0.05) is 12.1 Å². The van der Waals surface area contributed by atoms with Crippen LogP contribution in [-0.2, 0) is 26.7 Å². The standard InChI is InChI=1S/C18H26N4O5S2/c1-22(12-11-15-3-5-17(6-4-15)21-29(19,25)26)13-14-27-18-9-7-16(8-10-18)20-28(2,23)24/h3-10,20-21H,11-14H2,1-2H3,(H2,19,25,26). The van der Waals surface area contributed by atoms with Crippen LogP contribution in [0.3, 0.4) is 0 Å². The Balaban J connectivity index is 1.71. The lowest BCUT2D eigenvalue weighted by atomic mass is 10.1. The Morgan fingerprint density at radius 3 is 2.00 bits per heavy atom. The normalized spacial score (nSPS) is 12.0. The number of anilines is 2. The first kappa shape index (κ1) is 22.9. The Morgan fingerprint density at radius 1 is 0.897 bits per heavy atom. The zero-order chi connectivity index (χ0) is 21.5. The highest BCUT2D eigenvalue weighted by molar-refractivity contribution is 7.92. The molecule has 2 aromatic rings. The predicted octanol–water partition coefficient (Wildman–Crippen LogP) is 1.23. The highest BCUT2D eigenvalue weighted by Gasteiger charge is 2.05. The van der Waals surface area contributed by atoms with E-state index in [0.717, 1.165) is 24.8 Å². The molecular weight excluding hydrogens is 416 g/mol. The second kappa shape index (κ2) is 9.92. The molecule has 0 aliphatic rings. The Kier molecular flexibility index (Phi) is 7.85. The highest BCUT2D eigenvalue weighted by atomic mass is 32.2. The summed E-state index contributed by atoms with van der Waals surface area (Å²) in [6.07, 6.45) is 1.90. The maximum atomic E-state index is 11.2. The van der Waals surface area contributed by atoms with Crippen molar-refractivity contribution in [1.29, 1.82) is 0 Å². The number of hydrogen-bond donors (Lipinski definition) is 3. The van der Waals surface area contributed by atoms with Crippen LogP contribution in [0, 0.1) is 0 Å². The number of benzene rings is 2. The quantitative estimate of drug-likeness (QED) is 0.480. The van der Waals surface area contributed by atoms with Gasteiger partial charge in [0, 0.05) is 24.5 Å². The largest absolute Gasteiger partial charge is 0.492 e. The number of nitrogens with two attached hydrogens (primary N) is 1. The second-order valence-electron chi connectivity index (χ2n) is 6.64. The van der Waals surface area contributed by atoms with Crippen molar-refractivity contribution >= 4 is 31.6 Å². The van der Waals surface area contributed by atoms with E-state index in [4.69, 9.17) is 9.88 Å². The summed E-state index contributed by atoms with van der Waals surface area (Å²) in [5, 5.41) is 4.94. The average Bonchev–Trinajstić information content (AvgIpc) is 2.60. The minimum Gasteiger partial charge on any atom is -0.492 e. The van der Waals surface area contributed by atoms with Gasteiger partial charge < -0.3 is 9.64 Å². The molecule has 0 aliphatic carbocycles. The average molecular weight is 443 g/mol. The minimum absolute atomic E-state index is 0.427. The lowest BCUT2D eigenvalue weighted by Crippen LogP contribution is -2.26. The molecule has 0 unspecified atom stereocenters. The van der Waals surface area contributed by atoms with E-state index in [1.165, 1.54) is 0 Å². The number of ether oxygens (including phenoxy) is 1. The van der Waals surface area contributed by atoms with Gasteiger partial charge in [0.05, 0.1) is 6.26 Å². The molecular formula is C18H26N4O5S2. The number of rotatable bonds is 11. The lowest BCUT2D eigenvalue weighted by molar-refractivity contribution is 0.239. The molecule has 0 bridgehead atoms. The SMILES string of the molecule is CN(CCOc1ccc(NS(C)(=O)=O)cc1)CCc1ccc(NS(N)(=O)=O)cc1. The minimum atomic E-state index is -3.76. The fourth-order valence-corrected chi connectivity index (χ4v) is 3.52. The van der Waals surface area contributed by atoms with Gasteiger partial charge >= 0.3 is 0 Å². The Labute approximate surface area is 172 Å². The molecule has 0 atom stereocenters. The van der Waals surface area contributed by atoms with Crippen LogP contribution >= 0.6 is 0 Å². The molecule has 4 N–H and O–H groups in total. The van der Waals surface area contributed by atoms with E-state index in [1.54, 1.807) is 36.4 Å². The van der Waals surface area contributed by atoms with Crippen molar-refractivity contribution in [3.8, 4) is 5.75 Å². The Morgan fingerprint density at radius 2 is 1.45 bits per heavy atom. The predicted molar refractivity (Wildman–Crippen MR) is 115 cm³/mol. The molecule has 0 spiro atoms. The van der Waals surface area contributed by atoms with E-state index >= 15 is 0 Å². The highest BCUT2D eigenvalue weighted by Crippen LogP contribution is 2.16. The van der Waals surface area contributed by atoms with Crippen molar-refractivity contribution in [3.63, 3.8) is 0 Å². The molecule has 29 heavy (non-hydrogen) atoms. The molecule has 0 radical (unpaired) electrons. The number of sulfonamides is 1. The summed E-state index contributed by atoms with van der Waals surface area (Å²) in [6, 6.07) is 13.8. The Hall–Kier alpha value is -2.34. The van der Waals surface area contributed by atoms with Crippen molar-refractivity contribution < 1.29 is 21.6 Å². The van der Waals surface area contributed by atoms with E-state index in [0.29, 0.717) is 30.3 Å². The molecule has 11 heteroatoms. The molecule has 0 fully saturated rings. The summed E-state index contributed by atoms with van der Waals surface area (Å²) < 4.78 is 54.7. The van der Waals surface area contributed by atoms with Gasteiger partial charge in [-0.05, 0) is 55.4 Å². The van der Waals surface area contributed by atoms with Crippen LogP contribution in [-0.4, -0.2) is 54.7 Å². The van der Waals surface area contributed by atoms with Gasteiger partial charge in [0.2, 0.25) is 10.0 Å². The second-order valence-corrected chi connectivity index (χ2v) is 9.69. The molecule has 2 rings (SSSR count). The van der Waals surface area contributed by atoms with Crippen LogP contribution in [0.2, 0.25) is 0 Å². The lowest BCUT2D eigenvalue weighted by Gasteiger charge is -2.17. The molecule has 2 aromatic carbocycles. The van der Waals surface area contributed by atoms with Gasteiger partial charge in [-0.2, -0.15) is 8.42 Å². The Bertz CT molecular complexity index is 992. The van der Waals surface area contributed by atoms with Crippen LogP contribution in [0.1, 0.15) is 5.56 Å². The third-order valence-electron chi connectivity index (χ3n) is 3.90. The third kappa shape index (κ3) is 9.61. The van der Waals surface area contributed by atoms with E-state index < -0.39 is 20.2 Å². The van der Waals surface area contributed by atoms with Crippen molar-refractivity contribution in [1.82, 2.24) is 4.90 Å². The molecule has 9 nitrogen and oxygen atoms in total. The first-order valence-electron chi connectivity index (χ1n) is 8.79. The maximum Gasteiger partial charge on any atom is 0.296 e. The fourth-order valence-electron chi connectivity index (χ4n) is 2.49. The monoisotopic (exact) mass is 442 g/mol. The zero-order valence-corrected chi connectivity index (χ0v) is 18.0. The van der Waals surface area contributed by atoms with Crippen LogP contribution in [0.15, 0.2) is 48.5 Å². The number of nitrogens with one attached hydrogen (secondary N) is 2. The van der Waals surface area contributed by atoms with Gasteiger partial charge in [0.15, 0.2) is 0 Å². The molecule has 0 amide bonds. The zero-order valence-electron chi connectivity index (χ0n) is 16.3. The van der Waals surface area contributed by atoms with Crippen molar-refractivity contribution in [2.24, 2.45) is 5.14 Å². The van der Waals surface area contributed by atoms with Crippen LogP contribution in [0.5, 0.6) is 5.75 Å². The van der Waals surface area contributed by atoms with Crippen molar-refractivity contribution in [2.45, 2.75) is 6.42 Å². The summed E-state index contributed by atoms with van der Waals surface area (Å²) >= 11 is 0. The van der Waals surface area contributed by atoms with Crippen molar-refractivity contribution in [3.05, 3.63) is 54.1 Å². The molecule has 0 heterocycles. The van der Waals surface area contributed by atoms with Gasteiger partial charge in [-0.25, -0.2) is 13.6 Å². The van der Waals surface area contributed by atoms with Gasteiger partial charge in [-0.15, -0.1) is 0 Å². The molecule has 0 saturated carbocycles. The van der Waals surface area contributed by atoms with Crippen LogP contribution in [0.25, 0.3) is 0 Å². The summed E-state index contributed by atoms with van der Waals surface area (Å²) in [5.41, 5.74) is 1.99. The fraction of sp³-hybridized carbons (Fsp3) is 0.333. The topological polar surface area (TPSA) is 131 Å². The third-order valence-corrected chi connectivity index (χ3v) is 5.02. The molecule has 0 aromatic heterocycles. The van der Waals surface area contributed by atoms with Crippen LogP contribution < -0.4 is 19.3 Å². The number of nitrogens with zero attached hydrogens (tertiary/aromatic N) is 1. The van der Waals surface area contributed by atoms with Crippen molar-refractivity contribution in [2.75, 3.05) is 42.4 Å². The molecule has 160 valence electrons. The van der Waals surface area contributed by atoms with E-state index in [1.807, 2.05) is 19.2 Å².